The fraction of sp³-hybridized carbons (Fsp3) is 0.316. The Bertz CT molecular complexity index is 2360. The number of anilines is 4. The second-order valence-electron chi connectivity index (χ2n) is 13.3. The third-order valence-corrected chi connectivity index (χ3v) is 12.3. The molecule has 2 aliphatic heterocycles. The Labute approximate surface area is 337 Å². The van der Waals surface area contributed by atoms with Crippen molar-refractivity contribution in [1.82, 2.24) is 29.6 Å². The monoisotopic (exact) mass is 836 g/mol. The van der Waals surface area contributed by atoms with Gasteiger partial charge in [-0.2, -0.15) is 25.6 Å². The van der Waals surface area contributed by atoms with Crippen LogP contribution in [0.3, 0.4) is 0 Å². The van der Waals surface area contributed by atoms with Crippen LogP contribution in [0, 0.1) is 11.6 Å². The molecule has 0 radical (unpaired) electrons. The molecular formula is C38H42F2N10O6S2. The number of sulfonamides is 1. The molecule has 2 aliphatic rings. The average molecular weight is 837 g/mol. The van der Waals surface area contributed by atoms with Crippen LogP contribution in [0.15, 0.2) is 70.5 Å². The summed E-state index contributed by atoms with van der Waals surface area (Å²) in [6.45, 7) is 2.59. The molecule has 5 aromatic rings. The fourth-order valence-electron chi connectivity index (χ4n) is 6.40. The summed E-state index contributed by atoms with van der Waals surface area (Å²) in [5, 5.41) is 13.0. The quantitative estimate of drug-likeness (QED) is 0.110. The number of ether oxygens (including phenoxy) is 2. The second-order valence-corrected chi connectivity index (χ2v) is 16.0. The van der Waals surface area contributed by atoms with Crippen LogP contribution in [0.1, 0.15) is 57.5 Å². The van der Waals surface area contributed by atoms with Crippen LogP contribution in [0.4, 0.5) is 32.3 Å². The largest absolute Gasteiger partial charge is 0.496 e. The van der Waals surface area contributed by atoms with Gasteiger partial charge in [-0.25, -0.2) is 27.2 Å². The summed E-state index contributed by atoms with van der Waals surface area (Å²) >= 11 is 1.34. The van der Waals surface area contributed by atoms with Crippen molar-refractivity contribution in [2.24, 2.45) is 0 Å². The highest BCUT2D eigenvalue weighted by molar-refractivity contribution is 7.89. The van der Waals surface area contributed by atoms with E-state index in [4.69, 9.17) is 20.9 Å². The van der Waals surface area contributed by atoms with Crippen LogP contribution in [0.2, 0.25) is 0 Å². The number of nitrogens with zero attached hydrogens (tertiary/aromatic N) is 5. The number of methoxy groups -OCH3 is 2. The summed E-state index contributed by atoms with van der Waals surface area (Å²) in [6.07, 6.45) is 5.70. The highest BCUT2D eigenvalue weighted by Crippen LogP contribution is 2.28. The molecule has 5 heterocycles. The van der Waals surface area contributed by atoms with Crippen LogP contribution in [-0.2, 0) is 10.0 Å². The maximum atomic E-state index is 13.6. The van der Waals surface area contributed by atoms with Crippen LogP contribution >= 0.6 is 11.3 Å². The number of halogens is 2. The SMILES string of the molecule is COc1ccc(F)cc1C(=O)c1cnc(NC2CCN(S(=O)(=O)c3ccsc3)CC2)nc1N.COc1ccc(F)cc1C(=O)c1cnc(NC2CCNCC2)nc1N. The van der Waals surface area contributed by atoms with Gasteiger partial charge in [0.1, 0.15) is 34.8 Å². The predicted molar refractivity (Wildman–Crippen MR) is 215 cm³/mol. The van der Waals surface area contributed by atoms with Gasteiger partial charge in [0.05, 0.1) is 41.4 Å². The molecular weight excluding hydrogens is 795 g/mol. The number of rotatable bonds is 12. The molecule has 0 aliphatic carbocycles. The van der Waals surface area contributed by atoms with Gasteiger partial charge in [-0.15, -0.1) is 0 Å². The fourth-order valence-corrected chi connectivity index (χ4v) is 8.89. The Hall–Kier alpha value is -5.83. The van der Waals surface area contributed by atoms with Gasteiger partial charge in [0.25, 0.3) is 0 Å². The van der Waals surface area contributed by atoms with Crippen molar-refractivity contribution in [1.29, 1.82) is 0 Å². The van der Waals surface area contributed by atoms with Crippen molar-refractivity contribution in [3.05, 3.63) is 99.5 Å². The van der Waals surface area contributed by atoms with Gasteiger partial charge < -0.3 is 36.9 Å². The molecule has 0 spiro atoms. The lowest BCUT2D eigenvalue weighted by Crippen LogP contribution is -2.42. The van der Waals surface area contributed by atoms with Gasteiger partial charge >= 0.3 is 0 Å². The maximum Gasteiger partial charge on any atom is 0.243 e. The number of thiophene rings is 1. The van der Waals surface area contributed by atoms with Crippen LogP contribution < -0.4 is 36.9 Å². The molecule has 7 N–H and O–H groups in total. The predicted octanol–water partition coefficient (Wildman–Crippen LogP) is 4.37. The van der Waals surface area contributed by atoms with E-state index in [2.05, 4.69) is 35.9 Å². The van der Waals surface area contributed by atoms with Gasteiger partial charge in [-0.3, -0.25) is 9.59 Å². The van der Waals surface area contributed by atoms with Gasteiger partial charge in [0.15, 0.2) is 0 Å². The number of ketones is 2. The van der Waals surface area contributed by atoms with E-state index in [0.29, 0.717) is 36.8 Å². The molecule has 2 fully saturated rings. The van der Waals surface area contributed by atoms with E-state index in [0.717, 1.165) is 38.1 Å². The van der Waals surface area contributed by atoms with Crippen LogP contribution in [0.5, 0.6) is 11.5 Å². The number of nitrogen functional groups attached to an aromatic ring is 2. The first kappa shape index (κ1) is 41.8. The standard InChI is InChI=1S/C21H22FN5O4S2.C17H20FN5O2/c1-31-18-3-2-13(22)10-16(18)19(28)17-11-24-21(26-20(17)23)25-14-4-7-27(8-5-14)33(29,30)15-6-9-32-12-15;1-25-14-3-2-10(18)8-12(14)15(24)13-9-21-17(23-16(13)19)22-11-4-6-20-7-5-11/h2-3,6,9-12,14H,4-5,7-8H2,1H3,(H3,23,24,25,26);2-3,8-9,11,20H,4-7H2,1H3,(H3,19,21,22,23). The van der Waals surface area contributed by atoms with E-state index in [1.165, 1.54) is 66.5 Å². The number of carbonyl (C=O) groups is 2. The van der Waals surface area contributed by atoms with Crippen molar-refractivity contribution in [3.63, 3.8) is 0 Å². The molecule has 0 atom stereocenters. The Balaban J connectivity index is 0.000000203. The van der Waals surface area contributed by atoms with E-state index < -0.39 is 33.2 Å². The minimum atomic E-state index is -3.48. The lowest BCUT2D eigenvalue weighted by Gasteiger charge is -2.31. The van der Waals surface area contributed by atoms with Crippen molar-refractivity contribution in [2.75, 3.05) is 62.5 Å². The summed E-state index contributed by atoms with van der Waals surface area (Å²) in [4.78, 5) is 42.5. The summed E-state index contributed by atoms with van der Waals surface area (Å²) in [7, 11) is -0.686. The normalized spacial score (nSPS) is 15.2. The van der Waals surface area contributed by atoms with E-state index in [1.807, 2.05) is 0 Å². The lowest BCUT2D eigenvalue weighted by molar-refractivity contribution is 0.102. The topological polar surface area (TPSA) is 230 Å². The minimum absolute atomic E-state index is 0.0210. The van der Waals surface area contributed by atoms with E-state index in [-0.39, 0.29) is 63.4 Å². The number of hydrogen-bond donors (Lipinski definition) is 5. The molecule has 20 heteroatoms. The smallest absolute Gasteiger partial charge is 0.243 e. The Morgan fingerprint density at radius 3 is 1.69 bits per heavy atom. The van der Waals surface area contributed by atoms with Crippen LogP contribution in [0.25, 0.3) is 0 Å². The first-order valence-electron chi connectivity index (χ1n) is 18.2. The molecule has 0 bridgehead atoms. The van der Waals surface area contributed by atoms with E-state index in [9.17, 15) is 26.8 Å². The van der Waals surface area contributed by atoms with Crippen LogP contribution in [-0.4, -0.2) is 96.7 Å². The number of piperidine rings is 2. The molecule has 16 nitrogen and oxygen atoms in total. The number of hydrogen-bond acceptors (Lipinski definition) is 16. The summed E-state index contributed by atoms with van der Waals surface area (Å²) in [6, 6.07) is 9.18. The van der Waals surface area contributed by atoms with E-state index in [1.54, 1.807) is 16.8 Å². The van der Waals surface area contributed by atoms with Gasteiger partial charge in [-0.1, -0.05) is 0 Å². The Morgan fingerprint density at radius 1 is 0.776 bits per heavy atom. The third kappa shape index (κ3) is 9.81. The zero-order valence-corrected chi connectivity index (χ0v) is 33.2. The Morgan fingerprint density at radius 2 is 1.26 bits per heavy atom. The molecule has 0 unspecified atom stereocenters. The number of benzene rings is 2. The summed E-state index contributed by atoms with van der Waals surface area (Å²) in [5.74, 6) is -1.07. The van der Waals surface area contributed by atoms with Crippen molar-refractivity contribution >= 4 is 56.5 Å². The maximum absolute atomic E-state index is 13.6. The molecule has 0 saturated carbocycles. The first-order valence-corrected chi connectivity index (χ1v) is 20.5. The van der Waals surface area contributed by atoms with Gasteiger partial charge in [-0.05, 0) is 86.6 Å². The number of aromatic nitrogens is 4. The van der Waals surface area contributed by atoms with Gasteiger partial charge in [0, 0.05) is 42.9 Å². The molecule has 2 aromatic carbocycles. The number of nitrogens with two attached hydrogens (primary N) is 2. The minimum Gasteiger partial charge on any atom is -0.496 e. The zero-order valence-electron chi connectivity index (χ0n) is 31.6. The van der Waals surface area contributed by atoms with E-state index >= 15 is 0 Å². The molecule has 0 amide bonds. The number of nitrogens with one attached hydrogen (secondary N) is 3. The third-order valence-electron chi connectivity index (χ3n) is 9.53. The van der Waals surface area contributed by atoms with Crippen molar-refractivity contribution in [2.45, 2.75) is 42.7 Å². The Kier molecular flexibility index (Phi) is 13.4. The molecule has 3 aromatic heterocycles. The molecule has 306 valence electrons. The van der Waals surface area contributed by atoms with Crippen molar-refractivity contribution < 1.29 is 36.3 Å². The lowest BCUT2D eigenvalue weighted by atomic mass is 10.0. The number of carbonyl (C=O) groups excluding carboxylic acids is 2. The first-order chi connectivity index (χ1) is 27.9. The average Bonchev–Trinajstić information content (AvgIpc) is 3.78. The van der Waals surface area contributed by atoms with Gasteiger partial charge in [0.2, 0.25) is 33.5 Å². The molecule has 58 heavy (non-hydrogen) atoms. The molecule has 2 saturated heterocycles. The molecule has 7 rings (SSSR count). The van der Waals surface area contributed by atoms with Crippen molar-refractivity contribution in [3.8, 4) is 11.5 Å². The zero-order chi connectivity index (χ0) is 41.4. The second kappa shape index (κ2) is 18.6. The highest BCUT2D eigenvalue weighted by Gasteiger charge is 2.30. The highest BCUT2D eigenvalue weighted by atomic mass is 32.2. The summed E-state index contributed by atoms with van der Waals surface area (Å²) in [5.41, 5.74) is 12.2. The summed E-state index contributed by atoms with van der Waals surface area (Å²) < 4.78 is 64.2.